The van der Waals surface area contributed by atoms with Crippen molar-refractivity contribution in [3.8, 4) is 22.8 Å². The number of fused-ring (bicyclic) bond motifs is 3. The number of methoxy groups -OCH3 is 2. The van der Waals surface area contributed by atoms with Crippen molar-refractivity contribution in [3.05, 3.63) is 60.0 Å². The predicted octanol–water partition coefficient (Wildman–Crippen LogP) is 4.41. The third-order valence-corrected chi connectivity index (χ3v) is 7.70. The van der Waals surface area contributed by atoms with Gasteiger partial charge in [0.05, 0.1) is 19.9 Å². The number of nitrogens with zero attached hydrogens (tertiary/aromatic N) is 3. The Kier molecular flexibility index (Phi) is 7.11. The third-order valence-electron chi connectivity index (χ3n) is 7.45. The van der Waals surface area contributed by atoms with Crippen LogP contribution in [-0.4, -0.2) is 59.7 Å². The summed E-state index contributed by atoms with van der Waals surface area (Å²) in [6.07, 6.45) is 2.31. The predicted molar refractivity (Wildman–Crippen MR) is 143 cm³/mol. The second-order valence-corrected chi connectivity index (χ2v) is 9.94. The van der Waals surface area contributed by atoms with Gasteiger partial charge < -0.3 is 20.1 Å². The largest absolute Gasteiger partial charge is 0.493 e. The molecule has 1 aromatic heterocycles. The Morgan fingerprint density at radius 3 is 2.58 bits per heavy atom. The summed E-state index contributed by atoms with van der Waals surface area (Å²) in [5.74, 6) is 2.21. The molecule has 3 aliphatic rings. The third kappa shape index (κ3) is 5.03. The fraction of sp³-hybridized carbons (Fsp3) is 0.407. The highest BCUT2D eigenvalue weighted by atomic mass is 32.1. The molecule has 2 bridgehead atoms. The van der Waals surface area contributed by atoms with Crippen molar-refractivity contribution < 1.29 is 13.9 Å². The van der Waals surface area contributed by atoms with Gasteiger partial charge in [0.1, 0.15) is 5.82 Å². The molecule has 4 atom stereocenters. The van der Waals surface area contributed by atoms with E-state index in [1.165, 1.54) is 24.2 Å². The minimum atomic E-state index is -0.260. The van der Waals surface area contributed by atoms with E-state index in [0.29, 0.717) is 34.5 Å². The molecule has 36 heavy (non-hydrogen) atoms. The Bertz CT molecular complexity index is 1230. The van der Waals surface area contributed by atoms with Gasteiger partial charge in [-0.2, -0.15) is 5.10 Å². The monoisotopic (exact) mass is 509 g/mol. The van der Waals surface area contributed by atoms with Gasteiger partial charge in [-0.15, -0.1) is 0 Å². The smallest absolute Gasteiger partial charge is 0.170 e. The van der Waals surface area contributed by atoms with Gasteiger partial charge in [0.2, 0.25) is 0 Å². The molecule has 2 aromatic carbocycles. The fourth-order valence-corrected chi connectivity index (χ4v) is 5.77. The lowest BCUT2D eigenvalue weighted by atomic mass is 9.74. The van der Waals surface area contributed by atoms with E-state index in [0.717, 1.165) is 43.0 Å². The van der Waals surface area contributed by atoms with E-state index in [4.69, 9.17) is 26.8 Å². The number of benzene rings is 2. The van der Waals surface area contributed by atoms with E-state index in [1.54, 1.807) is 26.4 Å². The molecule has 7 nitrogen and oxygen atoms in total. The molecular weight excluding hydrogens is 477 g/mol. The maximum absolute atomic E-state index is 13.1. The van der Waals surface area contributed by atoms with Crippen molar-refractivity contribution in [1.29, 1.82) is 0 Å². The van der Waals surface area contributed by atoms with E-state index in [1.807, 2.05) is 29.9 Å². The van der Waals surface area contributed by atoms with Crippen molar-refractivity contribution in [3.63, 3.8) is 0 Å². The van der Waals surface area contributed by atoms with Gasteiger partial charge in [-0.25, -0.2) is 4.39 Å². The topological polar surface area (TPSA) is 63.6 Å². The molecule has 0 amide bonds. The Hall–Kier alpha value is -3.17. The second kappa shape index (κ2) is 10.4. The highest BCUT2D eigenvalue weighted by Crippen LogP contribution is 2.42. The van der Waals surface area contributed by atoms with Crippen LogP contribution in [0.25, 0.3) is 11.3 Å². The number of aromatic nitrogens is 2. The highest BCUT2D eigenvalue weighted by molar-refractivity contribution is 7.80. The van der Waals surface area contributed by atoms with Gasteiger partial charge in [0, 0.05) is 49.0 Å². The van der Waals surface area contributed by atoms with Crippen LogP contribution in [0.3, 0.4) is 0 Å². The minimum absolute atomic E-state index is 0.260. The number of halogens is 1. The zero-order valence-corrected chi connectivity index (χ0v) is 21.6. The Labute approximate surface area is 216 Å². The van der Waals surface area contributed by atoms with Crippen molar-refractivity contribution >= 4 is 23.0 Å². The van der Waals surface area contributed by atoms with Gasteiger partial charge in [0.25, 0.3) is 0 Å². The van der Waals surface area contributed by atoms with Crippen LogP contribution in [0.5, 0.6) is 11.5 Å². The number of aryl methyl sites for hydroxylation is 1. The summed E-state index contributed by atoms with van der Waals surface area (Å²) in [6.45, 7) is 2.91. The summed E-state index contributed by atoms with van der Waals surface area (Å²) < 4.78 is 26.0. The maximum atomic E-state index is 13.1. The van der Waals surface area contributed by atoms with Gasteiger partial charge in [0.15, 0.2) is 16.6 Å². The lowest BCUT2D eigenvalue weighted by Gasteiger charge is -2.50. The molecule has 3 saturated heterocycles. The molecule has 3 aliphatic heterocycles. The maximum Gasteiger partial charge on any atom is 0.170 e. The number of rotatable bonds is 7. The van der Waals surface area contributed by atoms with Gasteiger partial charge in [-0.1, -0.05) is 0 Å². The van der Waals surface area contributed by atoms with Crippen molar-refractivity contribution in [1.82, 2.24) is 20.0 Å². The van der Waals surface area contributed by atoms with Crippen LogP contribution in [0.4, 0.5) is 10.1 Å². The summed E-state index contributed by atoms with van der Waals surface area (Å²) in [7, 11) is 5.33. The number of hydrogen-bond donors (Lipinski definition) is 2. The first-order valence-corrected chi connectivity index (χ1v) is 12.7. The summed E-state index contributed by atoms with van der Waals surface area (Å²) in [5.41, 5.74) is 4.01. The lowest BCUT2D eigenvalue weighted by molar-refractivity contribution is 0.0303. The van der Waals surface area contributed by atoms with Crippen LogP contribution in [0, 0.1) is 11.7 Å². The molecule has 2 N–H and O–H groups in total. The summed E-state index contributed by atoms with van der Waals surface area (Å²) >= 11 is 5.46. The van der Waals surface area contributed by atoms with E-state index < -0.39 is 0 Å². The molecule has 9 heteroatoms. The first-order chi connectivity index (χ1) is 17.4. The van der Waals surface area contributed by atoms with Crippen LogP contribution in [0.2, 0.25) is 0 Å². The number of piperidine rings is 3. The lowest BCUT2D eigenvalue weighted by Crippen LogP contribution is -2.56. The van der Waals surface area contributed by atoms with Crippen molar-refractivity contribution in [2.24, 2.45) is 13.0 Å². The number of anilines is 1. The number of hydrogen-bond acceptors (Lipinski definition) is 5. The highest BCUT2D eigenvalue weighted by Gasteiger charge is 2.41. The second-order valence-electron chi connectivity index (χ2n) is 9.53. The number of ether oxygens (including phenoxy) is 2. The Morgan fingerprint density at radius 1 is 1.11 bits per heavy atom. The van der Waals surface area contributed by atoms with Crippen LogP contribution < -0.4 is 20.1 Å². The molecule has 0 spiro atoms. The number of nitrogens with one attached hydrogen (secondary N) is 2. The SMILES string of the molecule is COc1ccc(-c2cc([C@H]3CN4CC[C@H]3C[C@@H]4CNC(=S)Nc3ccc(F)cc3)n(C)n2)cc1OC. The molecule has 0 radical (unpaired) electrons. The van der Waals surface area contributed by atoms with E-state index in [2.05, 4.69) is 21.6 Å². The van der Waals surface area contributed by atoms with Crippen molar-refractivity contribution in [2.45, 2.75) is 24.8 Å². The fourth-order valence-electron chi connectivity index (χ4n) is 5.57. The summed E-state index contributed by atoms with van der Waals surface area (Å²) in [5, 5.41) is 11.9. The molecule has 0 saturated carbocycles. The zero-order valence-electron chi connectivity index (χ0n) is 20.8. The van der Waals surface area contributed by atoms with Crippen LogP contribution >= 0.6 is 12.2 Å². The molecule has 3 aromatic rings. The van der Waals surface area contributed by atoms with E-state index in [9.17, 15) is 4.39 Å². The first-order valence-electron chi connectivity index (χ1n) is 12.3. The normalized spacial score (nSPS) is 22.8. The summed E-state index contributed by atoms with van der Waals surface area (Å²) in [4.78, 5) is 2.57. The molecule has 6 rings (SSSR count). The van der Waals surface area contributed by atoms with Crippen LogP contribution in [0.15, 0.2) is 48.5 Å². The molecule has 3 fully saturated rings. The molecule has 4 heterocycles. The van der Waals surface area contributed by atoms with Gasteiger partial charge in [-0.05, 0) is 86.1 Å². The molecule has 0 aliphatic carbocycles. The standard InChI is InChI=1S/C27H32FN5O2S/c1-32-24(14-23(31-32)18-4-9-25(34-2)26(13-18)35-3)22-16-33-11-10-17(22)12-21(33)15-29-27(36)30-20-7-5-19(28)6-8-20/h4-9,13-14,17,21-22H,10-12,15-16H2,1-3H3,(H2,29,30,36)/t17-,21+,22-/m0/s1. The van der Waals surface area contributed by atoms with E-state index >= 15 is 0 Å². The van der Waals surface area contributed by atoms with Crippen molar-refractivity contribution in [2.75, 3.05) is 39.2 Å². The van der Waals surface area contributed by atoms with Gasteiger partial charge in [-0.3, -0.25) is 9.58 Å². The minimum Gasteiger partial charge on any atom is -0.493 e. The van der Waals surface area contributed by atoms with Gasteiger partial charge >= 0.3 is 0 Å². The zero-order chi connectivity index (χ0) is 25.2. The van der Waals surface area contributed by atoms with Crippen LogP contribution in [0.1, 0.15) is 24.5 Å². The Balaban J connectivity index is 1.22. The quantitative estimate of drug-likeness (QED) is 0.458. The van der Waals surface area contributed by atoms with Crippen LogP contribution in [-0.2, 0) is 7.05 Å². The van der Waals surface area contributed by atoms with E-state index in [-0.39, 0.29) is 5.82 Å². The average Bonchev–Trinajstić information content (AvgIpc) is 3.30. The first kappa shape index (κ1) is 24.5. The Morgan fingerprint density at radius 2 is 1.89 bits per heavy atom. The molecule has 190 valence electrons. The summed E-state index contributed by atoms with van der Waals surface area (Å²) in [6, 6.07) is 14.8. The number of thiocarbonyl (C=S) groups is 1. The average molecular weight is 510 g/mol. The molecule has 1 unspecified atom stereocenters. The molecular formula is C27H32FN5O2S.